The molecule has 112 valence electrons. The molecule has 2 rings (SSSR count). The number of benzene rings is 2. The summed E-state index contributed by atoms with van der Waals surface area (Å²) in [7, 11) is -3.80. The molecule has 21 heavy (non-hydrogen) atoms. The van der Waals surface area contributed by atoms with Crippen LogP contribution in [0.5, 0.6) is 5.75 Å². The molecule has 0 bridgehead atoms. The van der Waals surface area contributed by atoms with E-state index in [-0.39, 0.29) is 10.3 Å². The Labute approximate surface area is 126 Å². The van der Waals surface area contributed by atoms with E-state index in [9.17, 15) is 8.42 Å². The van der Waals surface area contributed by atoms with Crippen molar-refractivity contribution < 1.29 is 12.6 Å². The van der Waals surface area contributed by atoms with E-state index in [1.165, 1.54) is 12.1 Å². The summed E-state index contributed by atoms with van der Waals surface area (Å²) in [6, 6.07) is 15.5. The fraction of sp³-hybridized carbons (Fsp3) is 0.294. The summed E-state index contributed by atoms with van der Waals surface area (Å²) in [6.45, 7) is 6.22. The van der Waals surface area contributed by atoms with Crippen molar-refractivity contribution in [2.75, 3.05) is 0 Å². The number of hydrogen-bond donors (Lipinski definition) is 0. The third-order valence-corrected chi connectivity index (χ3v) is 4.98. The molecular formula is C17H20O3S. The van der Waals surface area contributed by atoms with Gasteiger partial charge in [0.25, 0.3) is 0 Å². The van der Waals surface area contributed by atoms with Gasteiger partial charge in [0.05, 0.1) is 0 Å². The molecule has 0 aliphatic heterocycles. The molecule has 0 saturated heterocycles. The number of para-hydroxylation sites is 1. The smallest absolute Gasteiger partial charge is 0.339 e. The molecule has 0 saturated carbocycles. The van der Waals surface area contributed by atoms with Crippen molar-refractivity contribution in [3.05, 3.63) is 60.2 Å². The monoisotopic (exact) mass is 304 g/mol. The van der Waals surface area contributed by atoms with E-state index in [0.717, 1.165) is 12.0 Å². The van der Waals surface area contributed by atoms with Crippen LogP contribution in [0.25, 0.3) is 0 Å². The lowest BCUT2D eigenvalue weighted by atomic mass is 9.82. The van der Waals surface area contributed by atoms with Gasteiger partial charge in [-0.15, -0.1) is 0 Å². The molecule has 0 N–H and O–H groups in total. The highest BCUT2D eigenvalue weighted by molar-refractivity contribution is 7.87. The lowest BCUT2D eigenvalue weighted by molar-refractivity contribution is 0.453. The van der Waals surface area contributed by atoms with Crippen LogP contribution in [0.4, 0.5) is 0 Å². The Bertz CT molecular complexity index is 704. The van der Waals surface area contributed by atoms with E-state index in [0.29, 0.717) is 5.75 Å². The summed E-state index contributed by atoms with van der Waals surface area (Å²) in [5, 5.41) is 0. The summed E-state index contributed by atoms with van der Waals surface area (Å²) < 4.78 is 30.1. The van der Waals surface area contributed by atoms with E-state index < -0.39 is 10.1 Å². The second-order valence-corrected chi connectivity index (χ2v) is 7.13. The van der Waals surface area contributed by atoms with Crippen LogP contribution in [-0.4, -0.2) is 8.42 Å². The Morgan fingerprint density at radius 1 is 0.952 bits per heavy atom. The van der Waals surface area contributed by atoms with E-state index in [4.69, 9.17) is 4.18 Å². The molecule has 0 aromatic heterocycles. The minimum atomic E-state index is -3.80. The van der Waals surface area contributed by atoms with Gasteiger partial charge in [-0.05, 0) is 30.0 Å². The normalized spacial score (nSPS) is 12.1. The van der Waals surface area contributed by atoms with Crippen LogP contribution in [0.15, 0.2) is 59.5 Å². The molecule has 0 fully saturated rings. The molecule has 3 nitrogen and oxygen atoms in total. The summed E-state index contributed by atoms with van der Waals surface area (Å²) >= 11 is 0. The Balaban J connectivity index is 2.42. The average molecular weight is 304 g/mol. The molecule has 0 heterocycles. The van der Waals surface area contributed by atoms with Crippen LogP contribution in [-0.2, 0) is 15.5 Å². The average Bonchev–Trinajstić information content (AvgIpc) is 2.48. The van der Waals surface area contributed by atoms with E-state index in [2.05, 4.69) is 20.8 Å². The van der Waals surface area contributed by atoms with Crippen LogP contribution in [0, 0.1) is 0 Å². The van der Waals surface area contributed by atoms with Crippen LogP contribution in [0.1, 0.15) is 32.8 Å². The second-order valence-electron chi connectivity index (χ2n) is 5.58. The maximum atomic E-state index is 12.3. The molecule has 0 amide bonds. The first-order chi connectivity index (χ1) is 9.87. The van der Waals surface area contributed by atoms with Gasteiger partial charge in [-0.2, -0.15) is 8.42 Å². The third kappa shape index (κ3) is 3.45. The molecule has 0 unspecified atom stereocenters. The number of hydrogen-bond acceptors (Lipinski definition) is 3. The maximum absolute atomic E-state index is 12.3. The zero-order valence-corrected chi connectivity index (χ0v) is 13.4. The Hall–Kier alpha value is -1.81. The van der Waals surface area contributed by atoms with Crippen molar-refractivity contribution in [3.8, 4) is 5.75 Å². The summed E-state index contributed by atoms with van der Waals surface area (Å²) in [6.07, 6.45) is 0.888. The minimum absolute atomic E-state index is 0.150. The van der Waals surface area contributed by atoms with Gasteiger partial charge < -0.3 is 4.18 Å². The quantitative estimate of drug-likeness (QED) is 0.780. The molecular weight excluding hydrogens is 284 g/mol. The van der Waals surface area contributed by atoms with Crippen molar-refractivity contribution in [2.45, 2.75) is 37.5 Å². The van der Waals surface area contributed by atoms with Crippen LogP contribution in [0.2, 0.25) is 0 Å². The topological polar surface area (TPSA) is 43.4 Å². The van der Waals surface area contributed by atoms with Crippen molar-refractivity contribution >= 4 is 10.1 Å². The fourth-order valence-corrected chi connectivity index (χ4v) is 3.01. The minimum Gasteiger partial charge on any atom is -0.379 e. The van der Waals surface area contributed by atoms with Crippen molar-refractivity contribution in [3.63, 3.8) is 0 Å². The highest BCUT2D eigenvalue weighted by Gasteiger charge is 2.25. The first-order valence-electron chi connectivity index (χ1n) is 6.96. The second kappa shape index (κ2) is 5.90. The Kier molecular flexibility index (Phi) is 4.37. The van der Waals surface area contributed by atoms with Gasteiger partial charge >= 0.3 is 10.1 Å². The largest absolute Gasteiger partial charge is 0.379 e. The van der Waals surface area contributed by atoms with Crippen molar-refractivity contribution in [1.29, 1.82) is 0 Å². The summed E-state index contributed by atoms with van der Waals surface area (Å²) in [5.74, 6) is 0.396. The fourth-order valence-electron chi connectivity index (χ4n) is 2.04. The van der Waals surface area contributed by atoms with Crippen LogP contribution < -0.4 is 4.18 Å². The van der Waals surface area contributed by atoms with Crippen LogP contribution in [0.3, 0.4) is 0 Å². The van der Waals surface area contributed by atoms with Gasteiger partial charge in [-0.25, -0.2) is 0 Å². The summed E-state index contributed by atoms with van der Waals surface area (Å²) in [4.78, 5) is 0.161. The molecule has 2 aromatic carbocycles. The highest BCUT2D eigenvalue weighted by atomic mass is 32.2. The van der Waals surface area contributed by atoms with Crippen molar-refractivity contribution in [2.24, 2.45) is 0 Å². The lowest BCUT2D eigenvalue weighted by Gasteiger charge is -2.25. The predicted octanol–water partition coefficient (Wildman–Crippen LogP) is 4.14. The SMILES string of the molecule is CCC(C)(C)c1ccccc1OS(=O)(=O)c1ccccc1. The highest BCUT2D eigenvalue weighted by Crippen LogP contribution is 2.35. The van der Waals surface area contributed by atoms with E-state index in [1.54, 1.807) is 30.3 Å². The third-order valence-electron chi connectivity index (χ3n) is 3.73. The zero-order chi connectivity index (χ0) is 15.5. The molecule has 0 aliphatic carbocycles. The zero-order valence-electron chi connectivity index (χ0n) is 12.5. The molecule has 0 aliphatic rings. The van der Waals surface area contributed by atoms with Gasteiger partial charge in [0.1, 0.15) is 10.6 Å². The first-order valence-corrected chi connectivity index (χ1v) is 8.37. The van der Waals surface area contributed by atoms with Gasteiger partial charge in [0.2, 0.25) is 0 Å². The van der Waals surface area contributed by atoms with Gasteiger partial charge in [-0.1, -0.05) is 57.2 Å². The Morgan fingerprint density at radius 2 is 1.52 bits per heavy atom. The lowest BCUT2D eigenvalue weighted by Crippen LogP contribution is -2.19. The molecule has 4 heteroatoms. The van der Waals surface area contributed by atoms with Gasteiger partial charge in [-0.3, -0.25) is 0 Å². The maximum Gasteiger partial charge on any atom is 0.339 e. The molecule has 0 spiro atoms. The Morgan fingerprint density at radius 3 is 2.14 bits per heavy atom. The van der Waals surface area contributed by atoms with E-state index >= 15 is 0 Å². The van der Waals surface area contributed by atoms with E-state index in [1.807, 2.05) is 12.1 Å². The summed E-state index contributed by atoms with van der Waals surface area (Å²) in [5.41, 5.74) is 0.745. The van der Waals surface area contributed by atoms with Crippen molar-refractivity contribution in [1.82, 2.24) is 0 Å². The number of rotatable bonds is 5. The predicted molar refractivity (Wildman–Crippen MR) is 84.0 cm³/mol. The molecule has 0 atom stereocenters. The molecule has 2 aromatic rings. The van der Waals surface area contributed by atoms with Gasteiger partial charge in [0, 0.05) is 5.56 Å². The standard InChI is InChI=1S/C17H20O3S/c1-4-17(2,3)15-12-8-9-13-16(15)20-21(18,19)14-10-6-5-7-11-14/h5-13H,4H2,1-3H3. The first kappa shape index (κ1) is 15.6. The van der Waals surface area contributed by atoms with Gasteiger partial charge in [0.15, 0.2) is 0 Å². The molecule has 0 radical (unpaired) electrons. The van der Waals surface area contributed by atoms with Crippen LogP contribution >= 0.6 is 0 Å².